The van der Waals surface area contributed by atoms with Crippen molar-refractivity contribution in [3.63, 3.8) is 0 Å². The molecule has 0 aliphatic carbocycles. The van der Waals surface area contributed by atoms with Crippen LogP contribution in [0.15, 0.2) is 17.6 Å². The first-order valence-corrected chi connectivity index (χ1v) is 6.47. The maximum absolute atomic E-state index is 11.7. The summed E-state index contributed by atoms with van der Waals surface area (Å²) in [6.45, 7) is 1.86. The lowest BCUT2D eigenvalue weighted by Gasteiger charge is -2.11. The van der Waals surface area contributed by atoms with Gasteiger partial charge in [-0.2, -0.15) is 0 Å². The lowest BCUT2D eigenvalue weighted by Crippen LogP contribution is -2.34. The van der Waals surface area contributed by atoms with Crippen molar-refractivity contribution < 1.29 is 4.79 Å². The third-order valence-corrected chi connectivity index (χ3v) is 3.59. The fourth-order valence-corrected chi connectivity index (χ4v) is 2.31. The Morgan fingerprint density at radius 2 is 2.41 bits per heavy atom. The molecule has 1 heterocycles. The lowest BCUT2D eigenvalue weighted by atomic mass is 10.2. The smallest absolute Gasteiger partial charge is 0.241 e. The second-order valence-electron chi connectivity index (χ2n) is 3.63. The van der Waals surface area contributed by atoms with E-state index < -0.39 is 6.04 Å². The highest BCUT2D eigenvalue weighted by Gasteiger charge is 2.15. The summed E-state index contributed by atoms with van der Waals surface area (Å²) in [4.78, 5) is 15.9. The number of fused-ring (bicyclic) bond motifs is 1. The number of nitrogens with two attached hydrogens (primary N) is 1. The van der Waals surface area contributed by atoms with E-state index in [0.717, 1.165) is 4.70 Å². The minimum absolute atomic E-state index is 0.241. The highest BCUT2D eigenvalue weighted by Crippen LogP contribution is 2.32. The van der Waals surface area contributed by atoms with Crippen LogP contribution in [0.5, 0.6) is 0 Å². The summed E-state index contributed by atoms with van der Waals surface area (Å²) in [6.07, 6.45) is 0.580. The van der Waals surface area contributed by atoms with Gasteiger partial charge in [0.25, 0.3) is 0 Å². The van der Waals surface area contributed by atoms with Crippen LogP contribution in [0.25, 0.3) is 10.2 Å². The fourth-order valence-electron chi connectivity index (χ4n) is 1.43. The van der Waals surface area contributed by atoms with Gasteiger partial charge in [-0.05, 0) is 18.6 Å². The van der Waals surface area contributed by atoms with Crippen LogP contribution >= 0.6 is 22.9 Å². The van der Waals surface area contributed by atoms with E-state index in [-0.39, 0.29) is 5.91 Å². The Morgan fingerprint density at radius 3 is 3.12 bits per heavy atom. The van der Waals surface area contributed by atoms with Gasteiger partial charge in [-0.1, -0.05) is 18.5 Å². The molecule has 0 saturated heterocycles. The van der Waals surface area contributed by atoms with Crippen LogP contribution in [0.2, 0.25) is 5.02 Å². The fraction of sp³-hybridized carbons (Fsp3) is 0.273. The number of rotatable bonds is 3. The van der Waals surface area contributed by atoms with Crippen molar-refractivity contribution in [2.45, 2.75) is 19.4 Å². The Bertz CT molecular complexity index is 555. The number of carbonyl (C=O) groups is 1. The molecule has 90 valence electrons. The van der Waals surface area contributed by atoms with Crippen molar-refractivity contribution >= 4 is 44.7 Å². The normalized spacial score (nSPS) is 12.6. The van der Waals surface area contributed by atoms with Gasteiger partial charge in [-0.15, -0.1) is 11.3 Å². The predicted octanol–water partition coefficient (Wildman–Crippen LogP) is 2.63. The van der Waals surface area contributed by atoms with Gasteiger partial charge in [0.2, 0.25) is 5.91 Å². The van der Waals surface area contributed by atoms with E-state index in [1.54, 1.807) is 11.6 Å². The number of benzene rings is 1. The summed E-state index contributed by atoms with van der Waals surface area (Å²) >= 11 is 7.56. The third kappa shape index (κ3) is 2.41. The molecule has 4 nitrogen and oxygen atoms in total. The zero-order valence-electron chi connectivity index (χ0n) is 9.24. The van der Waals surface area contributed by atoms with E-state index in [1.807, 2.05) is 13.0 Å². The van der Waals surface area contributed by atoms with Gasteiger partial charge in [0.1, 0.15) is 5.52 Å². The van der Waals surface area contributed by atoms with Crippen molar-refractivity contribution in [1.29, 1.82) is 0 Å². The van der Waals surface area contributed by atoms with E-state index in [0.29, 0.717) is 22.6 Å². The van der Waals surface area contributed by atoms with Crippen LogP contribution in [0.1, 0.15) is 13.3 Å². The quantitative estimate of drug-likeness (QED) is 0.900. The van der Waals surface area contributed by atoms with E-state index >= 15 is 0 Å². The molecule has 2 rings (SSSR count). The molecule has 2 aromatic rings. The molecule has 0 aliphatic rings. The first-order valence-electron chi connectivity index (χ1n) is 5.21. The second kappa shape index (κ2) is 5.00. The van der Waals surface area contributed by atoms with E-state index in [4.69, 9.17) is 17.3 Å². The Kier molecular flexibility index (Phi) is 3.61. The standard InChI is InChI=1S/C11H12ClN3OS/c1-2-7(13)11(16)15-9-6(12)3-4-8-10(9)14-5-17-8/h3-5,7H,2,13H2,1H3,(H,15,16)/t7-/m1/s1. The van der Waals surface area contributed by atoms with Gasteiger partial charge in [-0.25, -0.2) is 4.98 Å². The summed E-state index contributed by atoms with van der Waals surface area (Å²) in [7, 11) is 0. The molecule has 17 heavy (non-hydrogen) atoms. The average Bonchev–Trinajstić information content (AvgIpc) is 2.80. The van der Waals surface area contributed by atoms with Gasteiger partial charge < -0.3 is 11.1 Å². The minimum Gasteiger partial charge on any atom is -0.322 e. The molecular formula is C11H12ClN3OS. The maximum atomic E-state index is 11.7. The van der Waals surface area contributed by atoms with Gasteiger partial charge in [-0.3, -0.25) is 4.79 Å². The van der Waals surface area contributed by atoms with Crippen molar-refractivity contribution in [1.82, 2.24) is 4.98 Å². The number of aromatic nitrogens is 1. The molecule has 0 spiro atoms. The van der Waals surface area contributed by atoms with E-state index in [2.05, 4.69) is 10.3 Å². The number of halogens is 1. The Labute approximate surface area is 108 Å². The van der Waals surface area contributed by atoms with Crippen LogP contribution in [0, 0.1) is 0 Å². The highest BCUT2D eigenvalue weighted by molar-refractivity contribution is 7.16. The third-order valence-electron chi connectivity index (χ3n) is 2.48. The molecule has 1 aromatic carbocycles. The summed E-state index contributed by atoms with van der Waals surface area (Å²) in [5.41, 5.74) is 8.63. The largest absolute Gasteiger partial charge is 0.322 e. The second-order valence-corrected chi connectivity index (χ2v) is 4.92. The van der Waals surface area contributed by atoms with E-state index in [1.165, 1.54) is 11.3 Å². The monoisotopic (exact) mass is 269 g/mol. The molecule has 6 heteroatoms. The number of hydrogen-bond donors (Lipinski definition) is 2. The summed E-state index contributed by atoms with van der Waals surface area (Å²) in [5.74, 6) is -0.241. The van der Waals surface area contributed by atoms with Crippen molar-refractivity contribution in [2.24, 2.45) is 5.73 Å². The molecule has 0 bridgehead atoms. The summed E-state index contributed by atoms with van der Waals surface area (Å²) < 4.78 is 0.981. The Hall–Kier alpha value is -1.17. The molecular weight excluding hydrogens is 258 g/mol. The molecule has 0 radical (unpaired) electrons. The van der Waals surface area contributed by atoms with Crippen LogP contribution in [-0.2, 0) is 4.79 Å². The van der Waals surface area contributed by atoms with Gasteiger partial charge in [0.05, 0.1) is 27.0 Å². The predicted molar refractivity (Wildman–Crippen MR) is 71.5 cm³/mol. The van der Waals surface area contributed by atoms with E-state index in [9.17, 15) is 4.79 Å². The van der Waals surface area contributed by atoms with Crippen molar-refractivity contribution in [3.05, 3.63) is 22.7 Å². The minimum atomic E-state index is -0.528. The molecule has 0 unspecified atom stereocenters. The molecule has 0 saturated carbocycles. The van der Waals surface area contributed by atoms with Crippen LogP contribution < -0.4 is 11.1 Å². The number of hydrogen-bond acceptors (Lipinski definition) is 4. The number of nitrogens with zero attached hydrogens (tertiary/aromatic N) is 1. The topological polar surface area (TPSA) is 68.0 Å². The van der Waals surface area contributed by atoms with Crippen molar-refractivity contribution in [2.75, 3.05) is 5.32 Å². The number of amides is 1. The SMILES string of the molecule is CC[C@@H](N)C(=O)Nc1c(Cl)ccc2scnc12. The van der Waals surface area contributed by atoms with Gasteiger partial charge in [0, 0.05) is 0 Å². The van der Waals surface area contributed by atoms with Gasteiger partial charge in [0.15, 0.2) is 0 Å². The molecule has 1 aromatic heterocycles. The number of nitrogens with one attached hydrogen (secondary N) is 1. The summed E-state index contributed by atoms with van der Waals surface area (Å²) in [6, 6.07) is 3.10. The van der Waals surface area contributed by atoms with Gasteiger partial charge >= 0.3 is 0 Å². The Balaban J connectivity index is 2.37. The molecule has 1 amide bonds. The first kappa shape index (κ1) is 12.3. The van der Waals surface area contributed by atoms with Crippen molar-refractivity contribution in [3.8, 4) is 0 Å². The molecule has 1 atom stereocenters. The number of carbonyl (C=O) groups excluding carboxylic acids is 1. The Morgan fingerprint density at radius 1 is 1.65 bits per heavy atom. The summed E-state index contributed by atoms with van der Waals surface area (Å²) in [5, 5.41) is 3.21. The van der Waals surface area contributed by atoms with Crippen LogP contribution in [0.3, 0.4) is 0 Å². The highest BCUT2D eigenvalue weighted by atomic mass is 35.5. The van der Waals surface area contributed by atoms with Crippen LogP contribution in [0.4, 0.5) is 5.69 Å². The zero-order valence-corrected chi connectivity index (χ0v) is 10.8. The number of anilines is 1. The average molecular weight is 270 g/mol. The molecule has 0 aliphatic heterocycles. The molecule has 3 N–H and O–H groups in total. The van der Waals surface area contributed by atoms with Crippen LogP contribution in [-0.4, -0.2) is 16.9 Å². The first-order chi connectivity index (χ1) is 8.13. The zero-order chi connectivity index (χ0) is 12.4. The number of thiazole rings is 1. The maximum Gasteiger partial charge on any atom is 0.241 e. The molecule has 0 fully saturated rings. The lowest BCUT2D eigenvalue weighted by molar-refractivity contribution is -0.117.